The van der Waals surface area contributed by atoms with Crippen LogP contribution >= 0.6 is 11.3 Å². The number of fused-ring (bicyclic) bond motifs is 2. The normalized spacial score (nSPS) is 12.8. The average Bonchev–Trinajstić information content (AvgIpc) is 3.36. The fraction of sp³-hybridized carbons (Fsp3) is 0.286. The molecule has 0 N–H and O–H groups in total. The maximum Gasteiger partial charge on any atom is 0.325 e. The summed E-state index contributed by atoms with van der Waals surface area (Å²) in [5.41, 5.74) is 1.38. The molecule has 0 aliphatic carbocycles. The predicted octanol–water partition coefficient (Wildman–Crippen LogP) is 2.29. The van der Waals surface area contributed by atoms with Gasteiger partial charge in [-0.25, -0.2) is 0 Å². The van der Waals surface area contributed by atoms with E-state index in [4.69, 9.17) is 23.7 Å². The summed E-state index contributed by atoms with van der Waals surface area (Å²) in [7, 11) is 4.39. The summed E-state index contributed by atoms with van der Waals surface area (Å²) in [6.45, 7) is 0.0527. The minimum Gasteiger partial charge on any atom is -0.497 e. The summed E-state index contributed by atoms with van der Waals surface area (Å²) >= 11 is 1.28. The predicted molar refractivity (Wildman–Crippen MR) is 112 cm³/mol. The number of methoxy groups -OCH3 is 3. The van der Waals surface area contributed by atoms with Gasteiger partial charge < -0.3 is 28.3 Å². The Kier molecular flexibility index (Phi) is 5.81. The molecule has 1 amide bonds. The molecule has 1 aliphatic rings. The molecule has 0 bridgehead atoms. The molecule has 0 fully saturated rings. The van der Waals surface area contributed by atoms with Gasteiger partial charge in [-0.3, -0.25) is 9.59 Å². The Bertz CT molecular complexity index is 1230. The summed E-state index contributed by atoms with van der Waals surface area (Å²) in [6, 6.07) is 8.81. The molecule has 3 aromatic rings. The van der Waals surface area contributed by atoms with Crippen LogP contribution in [0.15, 0.2) is 35.3 Å². The highest BCUT2D eigenvalue weighted by molar-refractivity contribution is 7.16. The van der Waals surface area contributed by atoms with Crippen molar-refractivity contribution in [2.45, 2.75) is 13.0 Å². The van der Waals surface area contributed by atoms with Crippen LogP contribution in [0.5, 0.6) is 23.0 Å². The van der Waals surface area contributed by atoms with Gasteiger partial charge in [0.2, 0.25) is 6.79 Å². The lowest BCUT2D eigenvalue weighted by Gasteiger charge is -2.08. The number of carbonyl (C=O) groups is 2. The molecule has 0 spiro atoms. The highest BCUT2D eigenvalue weighted by Gasteiger charge is 2.19. The van der Waals surface area contributed by atoms with Gasteiger partial charge in [-0.1, -0.05) is 17.4 Å². The second kappa shape index (κ2) is 8.68. The number of hydrogen-bond donors (Lipinski definition) is 0. The van der Waals surface area contributed by atoms with Crippen LogP contribution in [-0.2, 0) is 27.3 Å². The van der Waals surface area contributed by atoms with Gasteiger partial charge in [0.1, 0.15) is 18.0 Å². The molecule has 0 radical (unpaired) electrons. The third-order valence-electron chi connectivity index (χ3n) is 4.75. The molecule has 162 valence electrons. The van der Waals surface area contributed by atoms with Gasteiger partial charge in [-0.05, 0) is 6.07 Å². The third-order valence-corrected chi connectivity index (χ3v) is 5.79. The standard InChI is InChI=1S/C21H20N2O7S/c1-26-13-5-4-12(15(7-13)27-2)6-19(24)22-21-23(10-20(25)28-3)14-8-16-17(30-11-29-16)9-18(14)31-21/h4-5,7-9H,6,10-11H2,1-3H3. The Morgan fingerprint density at radius 3 is 2.58 bits per heavy atom. The van der Waals surface area contributed by atoms with E-state index in [9.17, 15) is 9.59 Å². The smallest absolute Gasteiger partial charge is 0.325 e. The second-order valence-corrected chi connectivity index (χ2v) is 7.59. The second-order valence-electron chi connectivity index (χ2n) is 6.58. The first-order valence-corrected chi connectivity index (χ1v) is 10.1. The van der Waals surface area contributed by atoms with Crippen molar-refractivity contribution in [1.82, 2.24) is 4.57 Å². The quantitative estimate of drug-likeness (QED) is 0.538. The summed E-state index contributed by atoms with van der Waals surface area (Å²) < 4.78 is 28.7. The van der Waals surface area contributed by atoms with Crippen LogP contribution in [0.1, 0.15) is 5.56 Å². The average molecular weight is 444 g/mol. The van der Waals surface area contributed by atoms with Crippen LogP contribution in [0.2, 0.25) is 0 Å². The lowest BCUT2D eigenvalue weighted by Crippen LogP contribution is -2.22. The van der Waals surface area contributed by atoms with E-state index in [1.165, 1.54) is 25.6 Å². The number of ether oxygens (including phenoxy) is 5. The van der Waals surface area contributed by atoms with Crippen molar-refractivity contribution in [3.8, 4) is 23.0 Å². The minimum atomic E-state index is -0.455. The number of hydrogen-bond acceptors (Lipinski definition) is 8. The monoisotopic (exact) mass is 444 g/mol. The molecule has 0 atom stereocenters. The minimum absolute atomic E-state index is 0.0301. The molecule has 9 nitrogen and oxygen atoms in total. The SMILES string of the molecule is COC(=O)Cn1c(=NC(=O)Cc2ccc(OC)cc2OC)sc2cc3c(cc21)OCO3. The fourth-order valence-corrected chi connectivity index (χ4v) is 4.26. The van der Waals surface area contributed by atoms with Crippen molar-refractivity contribution in [1.29, 1.82) is 0 Å². The molecule has 4 rings (SSSR count). The Labute approximate surface area is 181 Å². The van der Waals surface area contributed by atoms with E-state index in [1.807, 2.05) is 6.07 Å². The first-order chi connectivity index (χ1) is 15.0. The molecule has 31 heavy (non-hydrogen) atoms. The first-order valence-electron chi connectivity index (χ1n) is 9.30. The lowest BCUT2D eigenvalue weighted by atomic mass is 10.1. The number of thiazole rings is 1. The number of rotatable bonds is 6. The molecule has 0 saturated heterocycles. The molecule has 1 aliphatic heterocycles. The molecule has 2 aromatic carbocycles. The number of amides is 1. The van der Waals surface area contributed by atoms with Crippen molar-refractivity contribution < 1.29 is 33.3 Å². The molecule has 2 heterocycles. The van der Waals surface area contributed by atoms with Crippen LogP contribution in [0.4, 0.5) is 0 Å². The number of benzene rings is 2. The van der Waals surface area contributed by atoms with E-state index in [0.717, 1.165) is 4.70 Å². The maximum absolute atomic E-state index is 12.8. The largest absolute Gasteiger partial charge is 0.497 e. The van der Waals surface area contributed by atoms with Gasteiger partial charge in [0.15, 0.2) is 16.3 Å². The molecular formula is C21H20N2O7S. The summed E-state index contributed by atoms with van der Waals surface area (Å²) in [5, 5.41) is 0. The van der Waals surface area contributed by atoms with E-state index >= 15 is 0 Å². The van der Waals surface area contributed by atoms with E-state index in [0.29, 0.717) is 38.9 Å². The molecule has 0 unspecified atom stereocenters. The Hall–Kier alpha value is -3.53. The van der Waals surface area contributed by atoms with Gasteiger partial charge in [-0.15, -0.1) is 0 Å². The zero-order valence-corrected chi connectivity index (χ0v) is 18.0. The van der Waals surface area contributed by atoms with E-state index in [2.05, 4.69) is 4.99 Å². The molecular weight excluding hydrogens is 424 g/mol. The van der Waals surface area contributed by atoms with Gasteiger partial charge in [0, 0.05) is 23.8 Å². The zero-order chi connectivity index (χ0) is 22.0. The van der Waals surface area contributed by atoms with E-state index in [1.54, 1.807) is 35.9 Å². The van der Waals surface area contributed by atoms with Crippen molar-refractivity contribution in [2.24, 2.45) is 4.99 Å². The van der Waals surface area contributed by atoms with Gasteiger partial charge in [0.05, 0.1) is 38.0 Å². The highest BCUT2D eigenvalue weighted by atomic mass is 32.1. The van der Waals surface area contributed by atoms with Crippen molar-refractivity contribution in [3.05, 3.63) is 40.7 Å². The summed E-state index contributed by atoms with van der Waals surface area (Å²) in [5.74, 6) is 1.51. The first kappa shape index (κ1) is 20.7. The summed E-state index contributed by atoms with van der Waals surface area (Å²) in [6.07, 6.45) is 0.0301. The van der Waals surface area contributed by atoms with Gasteiger partial charge >= 0.3 is 5.97 Å². The Balaban J connectivity index is 1.73. The van der Waals surface area contributed by atoms with Crippen molar-refractivity contribution in [3.63, 3.8) is 0 Å². The van der Waals surface area contributed by atoms with Crippen LogP contribution in [0.25, 0.3) is 10.2 Å². The van der Waals surface area contributed by atoms with Gasteiger partial charge in [-0.2, -0.15) is 4.99 Å². The number of esters is 1. The van der Waals surface area contributed by atoms with E-state index in [-0.39, 0.29) is 25.7 Å². The maximum atomic E-state index is 12.8. The van der Waals surface area contributed by atoms with Gasteiger partial charge in [0.25, 0.3) is 5.91 Å². The van der Waals surface area contributed by atoms with Crippen LogP contribution in [-0.4, -0.2) is 44.6 Å². The van der Waals surface area contributed by atoms with Crippen molar-refractivity contribution in [2.75, 3.05) is 28.1 Å². The molecule has 1 aromatic heterocycles. The third kappa shape index (κ3) is 4.19. The number of carbonyl (C=O) groups excluding carboxylic acids is 2. The molecule has 10 heteroatoms. The van der Waals surface area contributed by atoms with E-state index < -0.39 is 5.97 Å². The zero-order valence-electron chi connectivity index (χ0n) is 17.2. The topological polar surface area (TPSA) is 97.6 Å². The van der Waals surface area contributed by atoms with Crippen LogP contribution < -0.4 is 23.7 Å². The fourth-order valence-electron chi connectivity index (χ4n) is 3.20. The van der Waals surface area contributed by atoms with Crippen LogP contribution in [0, 0.1) is 0 Å². The highest BCUT2D eigenvalue weighted by Crippen LogP contribution is 2.37. The molecule has 0 saturated carbocycles. The van der Waals surface area contributed by atoms with Crippen LogP contribution in [0.3, 0.4) is 0 Å². The summed E-state index contributed by atoms with van der Waals surface area (Å²) in [4.78, 5) is 29.4. The number of aromatic nitrogens is 1. The Morgan fingerprint density at radius 1 is 1.10 bits per heavy atom. The Morgan fingerprint density at radius 2 is 1.87 bits per heavy atom. The number of nitrogens with zero attached hydrogens (tertiary/aromatic N) is 2. The lowest BCUT2D eigenvalue weighted by molar-refractivity contribution is -0.141. The van der Waals surface area contributed by atoms with Crippen molar-refractivity contribution >= 4 is 33.4 Å².